The van der Waals surface area contributed by atoms with Gasteiger partial charge in [0.25, 0.3) is 0 Å². The van der Waals surface area contributed by atoms with Crippen LogP contribution in [0, 0.1) is 11.7 Å². The normalized spacial score (nSPS) is 12.8. The Kier molecular flexibility index (Phi) is 9.32. The molecule has 0 radical (unpaired) electrons. The fourth-order valence-corrected chi connectivity index (χ4v) is 2.07. The highest BCUT2D eigenvalue weighted by molar-refractivity contribution is 5.87. The van der Waals surface area contributed by atoms with E-state index in [4.69, 9.17) is 10.5 Å². The van der Waals surface area contributed by atoms with E-state index in [9.17, 15) is 14.0 Å². The SMILES string of the molecule is COc1cccc(F)c1C(C)NC(=O)CNC(=O)[C@@H](N)C(C)C.Cl. The smallest absolute Gasteiger partial charge is 0.239 e. The molecule has 24 heavy (non-hydrogen) atoms. The first-order valence-corrected chi connectivity index (χ1v) is 7.43. The van der Waals surface area contributed by atoms with Crippen LogP contribution in [-0.2, 0) is 9.59 Å². The summed E-state index contributed by atoms with van der Waals surface area (Å²) in [7, 11) is 1.43. The molecule has 0 aromatic heterocycles. The molecule has 0 saturated heterocycles. The number of nitrogens with two attached hydrogens (primary N) is 1. The first-order chi connectivity index (χ1) is 10.8. The number of ether oxygens (including phenoxy) is 1. The number of benzene rings is 1. The van der Waals surface area contributed by atoms with E-state index in [1.165, 1.54) is 19.2 Å². The number of halogens is 2. The number of hydrogen-bond acceptors (Lipinski definition) is 4. The Morgan fingerprint density at radius 1 is 1.29 bits per heavy atom. The zero-order valence-electron chi connectivity index (χ0n) is 14.3. The van der Waals surface area contributed by atoms with Gasteiger partial charge in [-0.25, -0.2) is 4.39 Å². The summed E-state index contributed by atoms with van der Waals surface area (Å²) in [5.41, 5.74) is 5.94. The molecule has 1 aromatic rings. The van der Waals surface area contributed by atoms with Crippen molar-refractivity contribution in [2.75, 3.05) is 13.7 Å². The highest BCUT2D eigenvalue weighted by atomic mass is 35.5. The summed E-state index contributed by atoms with van der Waals surface area (Å²) in [6, 6.07) is 3.16. The van der Waals surface area contributed by atoms with Gasteiger partial charge in [-0.05, 0) is 25.0 Å². The Hall–Kier alpha value is -1.86. The van der Waals surface area contributed by atoms with Crippen LogP contribution < -0.4 is 21.1 Å². The number of methoxy groups -OCH3 is 1. The first-order valence-electron chi connectivity index (χ1n) is 7.43. The van der Waals surface area contributed by atoms with Crippen molar-refractivity contribution in [3.05, 3.63) is 29.6 Å². The molecular weight excluding hydrogens is 337 g/mol. The quantitative estimate of drug-likeness (QED) is 0.686. The van der Waals surface area contributed by atoms with Crippen molar-refractivity contribution in [2.24, 2.45) is 11.7 Å². The molecule has 0 aliphatic heterocycles. The highest BCUT2D eigenvalue weighted by Crippen LogP contribution is 2.27. The van der Waals surface area contributed by atoms with Gasteiger partial charge >= 0.3 is 0 Å². The van der Waals surface area contributed by atoms with Gasteiger partial charge in [0.2, 0.25) is 11.8 Å². The van der Waals surface area contributed by atoms with Crippen molar-refractivity contribution in [1.29, 1.82) is 0 Å². The van der Waals surface area contributed by atoms with E-state index in [2.05, 4.69) is 10.6 Å². The number of amides is 2. The average molecular weight is 362 g/mol. The first kappa shape index (κ1) is 22.1. The van der Waals surface area contributed by atoms with Crippen molar-refractivity contribution < 1.29 is 18.7 Å². The van der Waals surface area contributed by atoms with Crippen molar-refractivity contribution in [2.45, 2.75) is 32.9 Å². The lowest BCUT2D eigenvalue weighted by Gasteiger charge is -2.19. The number of hydrogen-bond donors (Lipinski definition) is 3. The minimum absolute atomic E-state index is 0. The maximum atomic E-state index is 13.9. The molecule has 0 fully saturated rings. The standard InChI is InChI=1S/C16H24FN3O3.ClH/c1-9(2)15(18)16(22)19-8-13(21)20-10(3)14-11(17)6-5-7-12(14)23-4;/h5-7,9-10,15H,8,18H2,1-4H3,(H,19,22)(H,20,21);1H/t10?,15-;/m0./s1. The zero-order valence-corrected chi connectivity index (χ0v) is 15.1. The highest BCUT2D eigenvalue weighted by Gasteiger charge is 2.20. The summed E-state index contributed by atoms with van der Waals surface area (Å²) < 4.78 is 19.0. The van der Waals surface area contributed by atoms with Gasteiger partial charge in [0, 0.05) is 0 Å². The largest absolute Gasteiger partial charge is 0.496 e. The van der Waals surface area contributed by atoms with E-state index in [-0.39, 0.29) is 30.4 Å². The Morgan fingerprint density at radius 3 is 2.46 bits per heavy atom. The van der Waals surface area contributed by atoms with Gasteiger partial charge < -0.3 is 21.1 Å². The third-order valence-corrected chi connectivity index (χ3v) is 3.49. The molecule has 4 N–H and O–H groups in total. The van der Waals surface area contributed by atoms with Gasteiger partial charge in [0.15, 0.2) is 0 Å². The second kappa shape index (κ2) is 10.1. The molecular formula is C16H25ClFN3O3. The molecule has 6 nitrogen and oxygen atoms in total. The van der Waals surface area contributed by atoms with Crippen LogP contribution in [0.15, 0.2) is 18.2 Å². The minimum atomic E-state index is -0.674. The van der Waals surface area contributed by atoms with Gasteiger partial charge in [0.1, 0.15) is 11.6 Å². The average Bonchev–Trinajstić information content (AvgIpc) is 2.50. The predicted molar refractivity (Wildman–Crippen MR) is 92.6 cm³/mol. The summed E-state index contributed by atoms with van der Waals surface area (Å²) in [5.74, 6) is -0.982. The van der Waals surface area contributed by atoms with Crippen LogP contribution in [0.4, 0.5) is 4.39 Å². The van der Waals surface area contributed by atoms with Gasteiger partial charge in [-0.15, -0.1) is 12.4 Å². The van der Waals surface area contributed by atoms with Crippen LogP contribution in [0.5, 0.6) is 5.75 Å². The van der Waals surface area contributed by atoms with Crippen LogP contribution in [0.1, 0.15) is 32.4 Å². The van der Waals surface area contributed by atoms with Crippen LogP contribution in [0.3, 0.4) is 0 Å². The molecule has 0 bridgehead atoms. The van der Waals surface area contributed by atoms with E-state index < -0.39 is 29.7 Å². The van der Waals surface area contributed by atoms with Crippen molar-refractivity contribution in [3.63, 3.8) is 0 Å². The minimum Gasteiger partial charge on any atom is -0.496 e. The number of rotatable bonds is 7. The molecule has 0 saturated carbocycles. The Morgan fingerprint density at radius 2 is 1.92 bits per heavy atom. The molecule has 1 unspecified atom stereocenters. The van der Waals surface area contributed by atoms with Crippen LogP contribution in [-0.4, -0.2) is 31.5 Å². The molecule has 0 heterocycles. The summed E-state index contributed by atoms with van der Waals surface area (Å²) in [6.07, 6.45) is 0. The topological polar surface area (TPSA) is 93.5 Å². The maximum absolute atomic E-state index is 13.9. The fourth-order valence-electron chi connectivity index (χ4n) is 2.07. The van der Waals surface area contributed by atoms with Crippen molar-refractivity contribution >= 4 is 24.2 Å². The molecule has 136 valence electrons. The van der Waals surface area contributed by atoms with Crippen LogP contribution in [0.2, 0.25) is 0 Å². The molecule has 8 heteroatoms. The van der Waals surface area contributed by atoms with E-state index in [1.807, 2.05) is 13.8 Å². The second-order valence-electron chi connectivity index (χ2n) is 5.63. The third kappa shape index (κ3) is 5.98. The maximum Gasteiger partial charge on any atom is 0.239 e. The molecule has 1 aromatic carbocycles. The summed E-state index contributed by atoms with van der Waals surface area (Å²) >= 11 is 0. The van der Waals surface area contributed by atoms with E-state index in [0.717, 1.165) is 0 Å². The molecule has 0 aliphatic rings. The molecule has 0 aliphatic carbocycles. The van der Waals surface area contributed by atoms with Crippen LogP contribution in [0.25, 0.3) is 0 Å². The zero-order chi connectivity index (χ0) is 17.6. The number of nitrogens with one attached hydrogen (secondary N) is 2. The van der Waals surface area contributed by atoms with E-state index in [1.54, 1.807) is 13.0 Å². The van der Waals surface area contributed by atoms with Crippen molar-refractivity contribution in [1.82, 2.24) is 10.6 Å². The summed E-state index contributed by atoms with van der Waals surface area (Å²) in [6.45, 7) is 5.05. The van der Waals surface area contributed by atoms with E-state index >= 15 is 0 Å². The molecule has 0 spiro atoms. The molecule has 1 rings (SSSR count). The van der Waals surface area contributed by atoms with Gasteiger partial charge in [-0.2, -0.15) is 0 Å². The van der Waals surface area contributed by atoms with Crippen molar-refractivity contribution in [3.8, 4) is 5.75 Å². The second-order valence-corrected chi connectivity index (χ2v) is 5.63. The monoisotopic (exact) mass is 361 g/mol. The molecule has 2 amide bonds. The van der Waals surface area contributed by atoms with Gasteiger partial charge in [-0.1, -0.05) is 19.9 Å². The summed E-state index contributed by atoms with van der Waals surface area (Å²) in [5, 5.41) is 5.08. The Balaban J connectivity index is 0.00000529. The Bertz CT molecular complexity index is 569. The van der Waals surface area contributed by atoms with Crippen LogP contribution >= 0.6 is 12.4 Å². The lowest BCUT2D eigenvalue weighted by molar-refractivity contribution is -0.127. The third-order valence-electron chi connectivity index (χ3n) is 3.49. The fraction of sp³-hybridized carbons (Fsp3) is 0.500. The van der Waals surface area contributed by atoms with E-state index in [0.29, 0.717) is 5.75 Å². The lowest BCUT2D eigenvalue weighted by Crippen LogP contribution is -2.47. The lowest BCUT2D eigenvalue weighted by atomic mass is 10.1. The number of carbonyl (C=O) groups is 2. The number of carbonyl (C=O) groups excluding carboxylic acids is 2. The predicted octanol–water partition coefficient (Wildman–Crippen LogP) is 1.53. The van der Waals surface area contributed by atoms with Gasteiger partial charge in [0.05, 0.1) is 31.3 Å². The summed E-state index contributed by atoms with van der Waals surface area (Å²) in [4.78, 5) is 23.6. The molecule has 2 atom stereocenters. The van der Waals surface area contributed by atoms with Gasteiger partial charge in [-0.3, -0.25) is 9.59 Å². The Labute approximate surface area is 147 Å².